The van der Waals surface area contributed by atoms with Crippen molar-refractivity contribution in [3.63, 3.8) is 0 Å². The average Bonchev–Trinajstić information content (AvgIpc) is 3.15. The normalized spacial score (nSPS) is 10.3. The number of ether oxygens (including phenoxy) is 1. The predicted molar refractivity (Wildman–Crippen MR) is 97.5 cm³/mol. The van der Waals surface area contributed by atoms with Crippen LogP contribution < -0.4 is 10.9 Å². The summed E-state index contributed by atoms with van der Waals surface area (Å²) in [5.41, 5.74) is 0.117. The number of H-pyrrole nitrogens is 1. The SMILES string of the molecule is O=C(Nc1cnc(C(=O)Cc2cccs2)[nH]c1=O)OCc1ccccc1. The number of benzene rings is 1. The van der Waals surface area contributed by atoms with Crippen LogP contribution >= 0.6 is 11.3 Å². The number of nitrogens with zero attached hydrogens (tertiary/aromatic N) is 1. The molecule has 0 aliphatic carbocycles. The molecule has 0 unspecified atom stereocenters. The van der Waals surface area contributed by atoms with E-state index in [1.165, 1.54) is 11.3 Å². The van der Waals surface area contributed by atoms with E-state index < -0.39 is 11.7 Å². The number of carbonyl (C=O) groups excluding carboxylic acids is 2. The Morgan fingerprint density at radius 3 is 2.65 bits per heavy atom. The lowest BCUT2D eigenvalue weighted by atomic mass is 10.2. The topological polar surface area (TPSA) is 101 Å². The highest BCUT2D eigenvalue weighted by molar-refractivity contribution is 7.10. The molecule has 0 radical (unpaired) electrons. The summed E-state index contributed by atoms with van der Waals surface area (Å²) in [5, 5.41) is 4.18. The molecule has 0 atom stereocenters. The van der Waals surface area contributed by atoms with Gasteiger partial charge in [0, 0.05) is 11.3 Å². The van der Waals surface area contributed by atoms with Crippen LogP contribution in [-0.4, -0.2) is 21.8 Å². The number of ketones is 1. The van der Waals surface area contributed by atoms with Crippen molar-refractivity contribution in [1.29, 1.82) is 0 Å². The zero-order chi connectivity index (χ0) is 18.4. The highest BCUT2D eigenvalue weighted by Crippen LogP contribution is 2.11. The second kappa shape index (κ2) is 8.21. The van der Waals surface area contributed by atoms with E-state index in [-0.39, 0.29) is 30.3 Å². The molecule has 26 heavy (non-hydrogen) atoms. The number of thiophene rings is 1. The first-order valence-corrected chi connectivity index (χ1v) is 8.62. The number of hydrogen-bond donors (Lipinski definition) is 2. The highest BCUT2D eigenvalue weighted by Gasteiger charge is 2.13. The van der Waals surface area contributed by atoms with Gasteiger partial charge in [0.05, 0.1) is 6.20 Å². The first-order valence-electron chi connectivity index (χ1n) is 7.74. The molecule has 132 valence electrons. The van der Waals surface area contributed by atoms with E-state index in [0.717, 1.165) is 16.6 Å². The average molecular weight is 369 g/mol. The molecule has 8 heteroatoms. The maximum atomic E-state index is 12.1. The maximum absolute atomic E-state index is 12.1. The molecule has 2 aromatic heterocycles. The zero-order valence-electron chi connectivity index (χ0n) is 13.6. The van der Waals surface area contributed by atoms with Crippen molar-refractivity contribution in [1.82, 2.24) is 9.97 Å². The largest absolute Gasteiger partial charge is 0.444 e. The molecule has 0 spiro atoms. The molecule has 0 saturated heterocycles. The number of Topliss-reactive ketones (excluding diaryl/α,β-unsaturated/α-hetero) is 1. The van der Waals surface area contributed by atoms with Crippen LogP contribution in [-0.2, 0) is 17.8 Å². The number of anilines is 1. The Morgan fingerprint density at radius 2 is 1.96 bits per heavy atom. The molecule has 1 aromatic carbocycles. The van der Waals surface area contributed by atoms with Gasteiger partial charge in [-0.3, -0.25) is 14.9 Å². The fraction of sp³-hybridized carbons (Fsp3) is 0.111. The van der Waals surface area contributed by atoms with Gasteiger partial charge >= 0.3 is 6.09 Å². The van der Waals surface area contributed by atoms with E-state index in [4.69, 9.17) is 4.74 Å². The third-order valence-corrected chi connectivity index (χ3v) is 4.30. The number of rotatable bonds is 6. The van der Waals surface area contributed by atoms with Gasteiger partial charge in [0.2, 0.25) is 5.78 Å². The van der Waals surface area contributed by atoms with E-state index in [1.807, 2.05) is 47.8 Å². The Bertz CT molecular complexity index is 952. The Balaban J connectivity index is 1.59. The van der Waals surface area contributed by atoms with Crippen molar-refractivity contribution < 1.29 is 14.3 Å². The van der Waals surface area contributed by atoms with Gasteiger partial charge in [-0.05, 0) is 17.0 Å². The van der Waals surface area contributed by atoms with Crippen LogP contribution in [0, 0.1) is 0 Å². The summed E-state index contributed by atoms with van der Waals surface area (Å²) >= 11 is 1.45. The van der Waals surface area contributed by atoms with Crippen LogP contribution in [0.25, 0.3) is 0 Å². The summed E-state index contributed by atoms with van der Waals surface area (Å²) < 4.78 is 5.04. The lowest BCUT2D eigenvalue weighted by Crippen LogP contribution is -2.23. The van der Waals surface area contributed by atoms with E-state index in [0.29, 0.717) is 0 Å². The van der Waals surface area contributed by atoms with Crippen LogP contribution in [0.5, 0.6) is 0 Å². The molecule has 3 rings (SSSR count). The standard InChI is InChI=1S/C18H15N3O4S/c22-15(9-13-7-4-8-26-13)16-19-10-14(17(23)21-16)20-18(24)25-11-12-5-2-1-3-6-12/h1-8,10H,9,11H2,(H,20,24)(H,19,21,23). The predicted octanol–water partition coefficient (Wildman–Crippen LogP) is 3.01. The monoisotopic (exact) mass is 369 g/mol. The minimum Gasteiger partial charge on any atom is -0.444 e. The van der Waals surface area contributed by atoms with E-state index in [9.17, 15) is 14.4 Å². The molecule has 0 fully saturated rings. The van der Waals surface area contributed by atoms with E-state index in [1.54, 1.807) is 0 Å². The van der Waals surface area contributed by atoms with Crippen LogP contribution in [0.4, 0.5) is 10.5 Å². The minimum atomic E-state index is -0.779. The van der Waals surface area contributed by atoms with Crippen LogP contribution in [0.15, 0.2) is 58.8 Å². The molecule has 2 N–H and O–H groups in total. The molecule has 2 heterocycles. The first-order chi connectivity index (χ1) is 12.6. The Labute approximate surface area is 152 Å². The van der Waals surface area contributed by atoms with Crippen molar-refractivity contribution >= 4 is 28.9 Å². The van der Waals surface area contributed by atoms with E-state index in [2.05, 4.69) is 15.3 Å². The van der Waals surface area contributed by atoms with Crippen molar-refractivity contribution in [2.45, 2.75) is 13.0 Å². The zero-order valence-corrected chi connectivity index (χ0v) is 14.4. The lowest BCUT2D eigenvalue weighted by molar-refractivity contribution is 0.0983. The summed E-state index contributed by atoms with van der Waals surface area (Å²) in [4.78, 5) is 43.1. The second-order valence-electron chi connectivity index (χ2n) is 5.34. The van der Waals surface area contributed by atoms with Crippen molar-refractivity contribution in [3.05, 3.63) is 80.7 Å². The molecule has 7 nitrogen and oxygen atoms in total. The fourth-order valence-electron chi connectivity index (χ4n) is 2.15. The lowest BCUT2D eigenvalue weighted by Gasteiger charge is -2.07. The second-order valence-corrected chi connectivity index (χ2v) is 6.37. The number of amides is 1. The van der Waals surface area contributed by atoms with Gasteiger partial charge in [0.25, 0.3) is 5.56 Å². The maximum Gasteiger partial charge on any atom is 0.412 e. The third-order valence-electron chi connectivity index (χ3n) is 3.43. The number of carbonyl (C=O) groups is 2. The third kappa shape index (κ3) is 4.64. The number of aromatic amines is 1. The summed E-state index contributed by atoms with van der Waals surface area (Å²) in [5.74, 6) is -0.352. The number of hydrogen-bond acceptors (Lipinski definition) is 6. The molecular formula is C18H15N3O4S. The van der Waals surface area contributed by atoms with Gasteiger partial charge < -0.3 is 9.72 Å². The number of nitrogens with one attached hydrogen (secondary N) is 2. The first kappa shape index (κ1) is 17.6. The molecule has 0 saturated carbocycles. The van der Waals surface area contributed by atoms with Crippen molar-refractivity contribution in [3.8, 4) is 0 Å². The van der Waals surface area contributed by atoms with Crippen molar-refractivity contribution in [2.24, 2.45) is 0 Å². The molecule has 3 aromatic rings. The minimum absolute atomic E-state index is 0.0494. The molecular weight excluding hydrogens is 354 g/mol. The van der Waals surface area contributed by atoms with Crippen LogP contribution in [0.3, 0.4) is 0 Å². The van der Waals surface area contributed by atoms with Crippen LogP contribution in [0.1, 0.15) is 21.1 Å². The molecule has 0 bridgehead atoms. The van der Waals surface area contributed by atoms with Gasteiger partial charge in [-0.2, -0.15) is 0 Å². The van der Waals surface area contributed by atoms with Gasteiger partial charge in [0.1, 0.15) is 12.3 Å². The molecule has 0 aliphatic rings. The Kier molecular flexibility index (Phi) is 5.55. The Hall–Kier alpha value is -3.26. The molecule has 1 amide bonds. The van der Waals surface area contributed by atoms with E-state index >= 15 is 0 Å². The summed E-state index contributed by atoms with van der Waals surface area (Å²) in [6.45, 7) is 0.0788. The summed E-state index contributed by atoms with van der Waals surface area (Å²) in [6, 6.07) is 12.8. The van der Waals surface area contributed by atoms with Gasteiger partial charge in [-0.15, -0.1) is 11.3 Å². The fourth-order valence-corrected chi connectivity index (χ4v) is 2.85. The highest BCUT2D eigenvalue weighted by atomic mass is 32.1. The molecule has 0 aliphatic heterocycles. The quantitative estimate of drug-likeness (QED) is 0.651. The van der Waals surface area contributed by atoms with Gasteiger partial charge in [0.15, 0.2) is 5.82 Å². The Morgan fingerprint density at radius 1 is 1.15 bits per heavy atom. The van der Waals surface area contributed by atoms with Crippen LogP contribution in [0.2, 0.25) is 0 Å². The van der Waals surface area contributed by atoms with Crippen molar-refractivity contribution in [2.75, 3.05) is 5.32 Å². The number of aromatic nitrogens is 2. The van der Waals surface area contributed by atoms with Gasteiger partial charge in [-0.25, -0.2) is 9.78 Å². The summed E-state index contributed by atoms with van der Waals surface area (Å²) in [6.07, 6.45) is 0.523. The smallest absolute Gasteiger partial charge is 0.412 e. The summed E-state index contributed by atoms with van der Waals surface area (Å²) in [7, 11) is 0. The van der Waals surface area contributed by atoms with Gasteiger partial charge in [-0.1, -0.05) is 36.4 Å².